The highest BCUT2D eigenvalue weighted by Gasteiger charge is 2.39. The molecule has 0 bridgehead atoms. The average Bonchev–Trinajstić information content (AvgIpc) is 3.07. The molecule has 4 rings (SSSR count). The molecule has 12 heteroatoms. The van der Waals surface area contributed by atoms with E-state index in [1.54, 1.807) is 12.1 Å². The van der Waals surface area contributed by atoms with E-state index >= 15 is 0 Å². The molecule has 31 heavy (non-hydrogen) atoms. The summed E-state index contributed by atoms with van der Waals surface area (Å²) < 4.78 is 64.2. The largest absolute Gasteiger partial charge is 0.450 e. The molecule has 0 saturated carbocycles. The Morgan fingerprint density at radius 2 is 1.94 bits per heavy atom. The van der Waals surface area contributed by atoms with Gasteiger partial charge >= 0.3 is 6.18 Å². The predicted octanol–water partition coefficient (Wildman–Crippen LogP) is 3.42. The van der Waals surface area contributed by atoms with Gasteiger partial charge in [-0.25, -0.2) is 9.19 Å². The zero-order valence-corrected chi connectivity index (χ0v) is 17.9. The van der Waals surface area contributed by atoms with E-state index in [1.165, 1.54) is 30.7 Å². The molecular weight excluding hydrogens is 433 g/mol. The van der Waals surface area contributed by atoms with Crippen LogP contribution in [0.15, 0.2) is 34.7 Å². The van der Waals surface area contributed by atoms with Crippen molar-refractivity contribution in [3.8, 4) is 5.95 Å². The van der Waals surface area contributed by atoms with Crippen LogP contribution in [-0.4, -0.2) is 62.0 Å². The molecule has 166 valence electrons. The van der Waals surface area contributed by atoms with Gasteiger partial charge in [0.15, 0.2) is 5.82 Å². The standard InChI is InChI=1S/C19H21F3N6O2S/c1-12-11-30-9-8-27(12)16-10-15(26-31(2,3)29)24-18(25-16)28-14-7-5-4-6-13(14)23-17(28)19(20,21)22/h4-7,10,12H,8-9,11H2,1-3H3. The summed E-state index contributed by atoms with van der Waals surface area (Å²) in [5.74, 6) is -0.950. The molecule has 1 aromatic carbocycles. The summed E-state index contributed by atoms with van der Waals surface area (Å²) in [5.41, 5.74) is 0.374. The van der Waals surface area contributed by atoms with Gasteiger partial charge in [0.25, 0.3) is 0 Å². The number of morpholine rings is 1. The van der Waals surface area contributed by atoms with Crippen LogP contribution in [0.5, 0.6) is 0 Å². The van der Waals surface area contributed by atoms with Gasteiger partial charge in [0.05, 0.1) is 30.3 Å². The van der Waals surface area contributed by atoms with Crippen LogP contribution >= 0.6 is 0 Å². The van der Waals surface area contributed by atoms with E-state index in [0.717, 1.165) is 4.57 Å². The fraction of sp³-hybridized carbons (Fsp3) is 0.421. The first kappa shape index (κ1) is 21.5. The summed E-state index contributed by atoms with van der Waals surface area (Å²) in [7, 11) is -2.61. The summed E-state index contributed by atoms with van der Waals surface area (Å²) in [6.45, 7) is 3.33. The Labute approximate surface area is 177 Å². The zero-order chi connectivity index (χ0) is 22.4. The first-order valence-electron chi connectivity index (χ1n) is 9.48. The number of aromatic nitrogens is 4. The summed E-state index contributed by atoms with van der Waals surface area (Å²) in [4.78, 5) is 14.3. The number of rotatable bonds is 3. The number of alkyl halides is 3. The molecule has 8 nitrogen and oxygen atoms in total. The van der Waals surface area contributed by atoms with Gasteiger partial charge in [-0.05, 0) is 19.1 Å². The van der Waals surface area contributed by atoms with Crippen LogP contribution < -0.4 is 4.90 Å². The van der Waals surface area contributed by atoms with Gasteiger partial charge in [0.2, 0.25) is 11.8 Å². The fourth-order valence-corrected chi connectivity index (χ4v) is 3.96. The highest BCUT2D eigenvalue weighted by atomic mass is 32.2. The lowest BCUT2D eigenvalue weighted by Crippen LogP contribution is -2.44. The number of anilines is 1. The van der Waals surface area contributed by atoms with Crippen molar-refractivity contribution in [3.63, 3.8) is 0 Å². The number of imidazole rings is 1. The highest BCUT2D eigenvalue weighted by molar-refractivity contribution is 7.92. The van der Waals surface area contributed by atoms with Crippen molar-refractivity contribution in [3.05, 3.63) is 36.2 Å². The quantitative estimate of drug-likeness (QED) is 0.603. The van der Waals surface area contributed by atoms with Crippen LogP contribution in [0, 0.1) is 0 Å². The number of ether oxygens (including phenoxy) is 1. The topological polar surface area (TPSA) is 85.5 Å². The number of para-hydroxylation sites is 2. The predicted molar refractivity (Wildman–Crippen MR) is 111 cm³/mol. The summed E-state index contributed by atoms with van der Waals surface area (Å²) in [5, 5.41) is 0. The summed E-state index contributed by atoms with van der Waals surface area (Å²) in [6, 6.07) is 7.71. The SMILES string of the molecule is CC1COCCN1c1cc(N=S(C)(C)=O)nc(-n2c(C(F)(F)F)nc3ccccc32)n1. The van der Waals surface area contributed by atoms with E-state index in [1.807, 2.05) is 11.8 Å². The van der Waals surface area contributed by atoms with Gasteiger partial charge in [-0.15, -0.1) is 0 Å². The first-order chi connectivity index (χ1) is 14.5. The van der Waals surface area contributed by atoms with Crippen LogP contribution in [0.1, 0.15) is 12.7 Å². The average molecular weight is 454 g/mol. The molecule has 1 atom stereocenters. The number of halogens is 3. The van der Waals surface area contributed by atoms with E-state index in [0.29, 0.717) is 25.6 Å². The van der Waals surface area contributed by atoms with E-state index in [4.69, 9.17) is 4.74 Å². The maximum Gasteiger partial charge on any atom is 0.450 e. The van der Waals surface area contributed by atoms with Crippen molar-refractivity contribution in [1.82, 2.24) is 19.5 Å². The van der Waals surface area contributed by atoms with Crippen molar-refractivity contribution in [2.45, 2.75) is 19.1 Å². The molecule has 0 amide bonds. The number of hydrogen-bond acceptors (Lipinski definition) is 7. The van der Waals surface area contributed by atoms with Crippen molar-refractivity contribution in [2.75, 3.05) is 37.2 Å². The smallest absolute Gasteiger partial charge is 0.377 e. The van der Waals surface area contributed by atoms with E-state index in [9.17, 15) is 17.4 Å². The molecule has 0 N–H and O–H groups in total. The van der Waals surface area contributed by atoms with Crippen LogP contribution in [0.4, 0.5) is 24.8 Å². The molecule has 2 aromatic heterocycles. The molecule has 3 heterocycles. The van der Waals surface area contributed by atoms with Crippen LogP contribution in [-0.2, 0) is 20.6 Å². The van der Waals surface area contributed by atoms with Gasteiger partial charge < -0.3 is 9.64 Å². The molecule has 1 fully saturated rings. The molecule has 1 aliphatic heterocycles. The minimum absolute atomic E-state index is 0.0413. The van der Waals surface area contributed by atoms with Crippen LogP contribution in [0.3, 0.4) is 0 Å². The summed E-state index contributed by atoms with van der Waals surface area (Å²) >= 11 is 0. The fourth-order valence-electron chi connectivity index (χ4n) is 3.42. The van der Waals surface area contributed by atoms with Crippen molar-refractivity contribution < 1.29 is 22.1 Å². The van der Waals surface area contributed by atoms with Crippen LogP contribution in [0.2, 0.25) is 0 Å². The van der Waals surface area contributed by atoms with Crippen molar-refractivity contribution in [1.29, 1.82) is 0 Å². The Balaban J connectivity index is 2.00. The summed E-state index contributed by atoms with van der Waals surface area (Å²) in [6.07, 6.45) is -1.87. The molecule has 1 aliphatic rings. The lowest BCUT2D eigenvalue weighted by molar-refractivity contribution is -0.145. The molecule has 0 radical (unpaired) electrons. The zero-order valence-electron chi connectivity index (χ0n) is 17.1. The third kappa shape index (κ3) is 4.49. The minimum Gasteiger partial charge on any atom is -0.377 e. The molecule has 1 saturated heterocycles. The van der Waals surface area contributed by atoms with Crippen LogP contribution in [0.25, 0.3) is 17.0 Å². The number of hydrogen-bond donors (Lipinski definition) is 0. The number of benzene rings is 1. The third-order valence-electron chi connectivity index (χ3n) is 4.68. The molecule has 3 aromatic rings. The highest BCUT2D eigenvalue weighted by Crippen LogP contribution is 2.34. The number of fused-ring (bicyclic) bond motifs is 1. The number of nitrogens with zero attached hydrogens (tertiary/aromatic N) is 6. The maximum absolute atomic E-state index is 13.8. The normalized spacial score (nSPS) is 17.9. The Morgan fingerprint density at radius 1 is 1.19 bits per heavy atom. The van der Waals surface area contributed by atoms with Gasteiger partial charge in [-0.1, -0.05) is 12.1 Å². The second-order valence-corrected chi connectivity index (χ2v) is 10.1. The van der Waals surface area contributed by atoms with Crippen molar-refractivity contribution >= 4 is 32.4 Å². The van der Waals surface area contributed by atoms with E-state index in [2.05, 4.69) is 19.3 Å². The van der Waals surface area contributed by atoms with Gasteiger partial charge in [0.1, 0.15) is 5.82 Å². The Bertz CT molecular complexity index is 1240. The van der Waals surface area contributed by atoms with Gasteiger partial charge in [0, 0.05) is 34.9 Å². The lowest BCUT2D eigenvalue weighted by Gasteiger charge is -2.34. The maximum atomic E-state index is 13.8. The Kier molecular flexibility index (Phi) is 5.38. The molecular formula is C19H21F3N6O2S. The lowest BCUT2D eigenvalue weighted by atomic mass is 10.2. The van der Waals surface area contributed by atoms with E-state index < -0.39 is 21.7 Å². The second-order valence-electron chi connectivity index (χ2n) is 7.53. The first-order valence-corrected chi connectivity index (χ1v) is 11.8. The second kappa shape index (κ2) is 7.75. The minimum atomic E-state index is -4.73. The van der Waals surface area contributed by atoms with E-state index in [-0.39, 0.29) is 28.8 Å². The van der Waals surface area contributed by atoms with Gasteiger partial charge in [-0.3, -0.25) is 4.57 Å². The molecule has 0 spiro atoms. The Morgan fingerprint density at radius 3 is 2.61 bits per heavy atom. The van der Waals surface area contributed by atoms with Crippen molar-refractivity contribution in [2.24, 2.45) is 4.36 Å². The molecule has 0 aliphatic carbocycles. The molecule has 1 unspecified atom stereocenters. The monoisotopic (exact) mass is 454 g/mol. The Hall–Kier alpha value is -2.73. The third-order valence-corrected chi connectivity index (χ3v) is 5.30. The van der Waals surface area contributed by atoms with Gasteiger partial charge in [-0.2, -0.15) is 27.5 Å².